The van der Waals surface area contributed by atoms with Crippen LogP contribution in [0, 0.1) is 5.92 Å². The van der Waals surface area contributed by atoms with E-state index in [0.29, 0.717) is 24.5 Å². The molecule has 144 valence electrons. The maximum atomic E-state index is 12.4. The molecule has 0 aliphatic carbocycles. The van der Waals surface area contributed by atoms with Gasteiger partial charge in [-0.15, -0.1) is 0 Å². The number of benzene rings is 1. The van der Waals surface area contributed by atoms with Crippen LogP contribution in [0.1, 0.15) is 25.8 Å². The maximum absolute atomic E-state index is 12.4. The van der Waals surface area contributed by atoms with Crippen LogP contribution in [0.4, 0.5) is 11.8 Å². The van der Waals surface area contributed by atoms with Crippen LogP contribution in [0.5, 0.6) is 0 Å². The average molecular weight is 368 g/mol. The van der Waals surface area contributed by atoms with Crippen molar-refractivity contribution >= 4 is 11.8 Å². The van der Waals surface area contributed by atoms with Crippen molar-refractivity contribution in [3.63, 3.8) is 0 Å². The van der Waals surface area contributed by atoms with E-state index in [1.54, 1.807) is 6.07 Å². The predicted molar refractivity (Wildman–Crippen MR) is 108 cm³/mol. The van der Waals surface area contributed by atoms with Crippen LogP contribution in [-0.2, 0) is 11.2 Å². The molecule has 2 aromatic rings. The second-order valence-electron chi connectivity index (χ2n) is 7.89. The highest BCUT2D eigenvalue weighted by molar-refractivity contribution is 5.45. The van der Waals surface area contributed by atoms with E-state index in [-0.39, 0.29) is 11.7 Å². The number of H-pyrrole nitrogens is 1. The zero-order chi connectivity index (χ0) is 18.8. The standard InChI is InChI=1S/C21H28N4O2/c1-15-10-18(11-17-6-4-3-5-7-17)25(13-15)21-22-19(12-20(26)23-21)24-8-9-27-16(2)14-24/h3-7,12,15-16,18H,8-11,13-14H2,1-2H3,(H,22,23,26)/t15?,16-,18?/m1/s1. The fraction of sp³-hybridized carbons (Fsp3) is 0.524. The van der Waals surface area contributed by atoms with Gasteiger partial charge in [0, 0.05) is 31.7 Å². The van der Waals surface area contributed by atoms with E-state index in [1.807, 2.05) is 6.07 Å². The third-order valence-electron chi connectivity index (χ3n) is 5.49. The molecule has 2 unspecified atom stereocenters. The highest BCUT2D eigenvalue weighted by atomic mass is 16.5. The van der Waals surface area contributed by atoms with Crippen molar-refractivity contribution in [3.05, 3.63) is 52.3 Å². The minimum absolute atomic E-state index is 0.0906. The molecule has 3 atom stereocenters. The van der Waals surface area contributed by atoms with Crippen LogP contribution in [-0.4, -0.2) is 48.4 Å². The lowest BCUT2D eigenvalue weighted by atomic mass is 10.0. The molecule has 0 spiro atoms. The molecule has 27 heavy (non-hydrogen) atoms. The molecular weight excluding hydrogens is 340 g/mol. The molecule has 2 fully saturated rings. The van der Waals surface area contributed by atoms with E-state index in [1.165, 1.54) is 5.56 Å². The third kappa shape index (κ3) is 4.16. The minimum atomic E-state index is -0.0906. The van der Waals surface area contributed by atoms with Crippen LogP contribution >= 0.6 is 0 Å². The van der Waals surface area contributed by atoms with Gasteiger partial charge in [-0.3, -0.25) is 9.78 Å². The zero-order valence-corrected chi connectivity index (χ0v) is 16.1. The number of anilines is 2. The van der Waals surface area contributed by atoms with Crippen molar-refractivity contribution < 1.29 is 4.74 Å². The summed E-state index contributed by atoms with van der Waals surface area (Å²) in [7, 11) is 0. The van der Waals surface area contributed by atoms with Crippen molar-refractivity contribution in [2.45, 2.75) is 38.8 Å². The van der Waals surface area contributed by atoms with E-state index in [2.05, 4.69) is 52.9 Å². The number of rotatable bonds is 4. The normalized spacial score (nSPS) is 25.8. The summed E-state index contributed by atoms with van der Waals surface area (Å²) in [6.07, 6.45) is 2.23. The summed E-state index contributed by atoms with van der Waals surface area (Å²) in [5.41, 5.74) is 1.23. The highest BCUT2D eigenvalue weighted by Crippen LogP contribution is 2.29. The van der Waals surface area contributed by atoms with E-state index in [4.69, 9.17) is 9.72 Å². The quantitative estimate of drug-likeness (QED) is 0.898. The average Bonchev–Trinajstić information content (AvgIpc) is 3.02. The molecular formula is C21H28N4O2. The Balaban J connectivity index is 1.60. The van der Waals surface area contributed by atoms with E-state index < -0.39 is 0 Å². The van der Waals surface area contributed by atoms with E-state index >= 15 is 0 Å². The van der Waals surface area contributed by atoms with Gasteiger partial charge < -0.3 is 14.5 Å². The third-order valence-corrected chi connectivity index (χ3v) is 5.49. The summed E-state index contributed by atoms with van der Waals surface area (Å²) in [6.45, 7) is 7.44. The number of nitrogens with zero attached hydrogens (tertiary/aromatic N) is 3. The number of aromatic nitrogens is 2. The fourth-order valence-corrected chi connectivity index (χ4v) is 4.25. The Bertz CT molecular complexity index is 822. The molecule has 1 aromatic carbocycles. The van der Waals surface area contributed by atoms with Crippen molar-refractivity contribution in [2.75, 3.05) is 36.0 Å². The molecule has 0 bridgehead atoms. The topological polar surface area (TPSA) is 61.5 Å². The first-order chi connectivity index (χ1) is 13.1. The summed E-state index contributed by atoms with van der Waals surface area (Å²) in [5.74, 6) is 2.03. The first-order valence-electron chi connectivity index (χ1n) is 9.87. The van der Waals surface area contributed by atoms with Gasteiger partial charge in [0.1, 0.15) is 5.82 Å². The second-order valence-corrected chi connectivity index (χ2v) is 7.89. The maximum Gasteiger partial charge on any atom is 0.254 e. The Morgan fingerprint density at radius 2 is 2.04 bits per heavy atom. The molecule has 3 heterocycles. The highest BCUT2D eigenvalue weighted by Gasteiger charge is 2.32. The molecule has 6 heteroatoms. The lowest BCUT2D eigenvalue weighted by Gasteiger charge is -2.33. The Hall–Kier alpha value is -2.34. The van der Waals surface area contributed by atoms with Crippen molar-refractivity contribution in [1.82, 2.24) is 9.97 Å². The molecule has 2 aliphatic rings. The summed E-state index contributed by atoms with van der Waals surface area (Å²) in [4.78, 5) is 24.6. The van der Waals surface area contributed by atoms with Crippen LogP contribution < -0.4 is 15.4 Å². The summed E-state index contributed by atoms with van der Waals surface area (Å²) in [6, 6.07) is 12.5. The van der Waals surface area contributed by atoms with Gasteiger partial charge in [-0.25, -0.2) is 0 Å². The molecule has 1 aromatic heterocycles. The molecule has 0 amide bonds. The molecule has 0 radical (unpaired) electrons. The van der Waals surface area contributed by atoms with Crippen molar-refractivity contribution in [1.29, 1.82) is 0 Å². The van der Waals surface area contributed by atoms with Crippen molar-refractivity contribution in [2.24, 2.45) is 5.92 Å². The first-order valence-corrected chi connectivity index (χ1v) is 9.87. The number of aromatic amines is 1. The molecule has 1 N–H and O–H groups in total. The van der Waals surface area contributed by atoms with Gasteiger partial charge in [-0.1, -0.05) is 37.3 Å². The Kier molecular flexibility index (Phi) is 5.16. The molecule has 2 aliphatic heterocycles. The van der Waals surface area contributed by atoms with Gasteiger partial charge in [-0.05, 0) is 31.2 Å². The van der Waals surface area contributed by atoms with Gasteiger partial charge in [0.15, 0.2) is 0 Å². The van der Waals surface area contributed by atoms with Gasteiger partial charge in [0.25, 0.3) is 5.56 Å². The SMILES string of the molecule is CC1CC(Cc2ccccc2)N(c2nc(N3CCO[C@H](C)C3)cc(=O)[nH]2)C1. The smallest absolute Gasteiger partial charge is 0.254 e. The molecule has 2 saturated heterocycles. The number of morpholine rings is 1. The second kappa shape index (κ2) is 7.72. The first kappa shape index (κ1) is 18.0. The van der Waals surface area contributed by atoms with Gasteiger partial charge in [0.2, 0.25) is 5.95 Å². The number of ether oxygens (including phenoxy) is 1. The monoisotopic (exact) mass is 368 g/mol. The molecule has 6 nitrogen and oxygen atoms in total. The molecule has 4 rings (SSSR count). The zero-order valence-electron chi connectivity index (χ0n) is 16.1. The number of nitrogens with one attached hydrogen (secondary N) is 1. The van der Waals surface area contributed by atoms with E-state index in [9.17, 15) is 4.79 Å². The minimum Gasteiger partial charge on any atom is -0.375 e. The Morgan fingerprint density at radius 3 is 2.81 bits per heavy atom. The van der Waals surface area contributed by atoms with Gasteiger partial charge >= 0.3 is 0 Å². The number of hydrogen-bond donors (Lipinski definition) is 1. The number of hydrogen-bond acceptors (Lipinski definition) is 5. The van der Waals surface area contributed by atoms with Crippen LogP contribution in [0.25, 0.3) is 0 Å². The summed E-state index contributed by atoms with van der Waals surface area (Å²) < 4.78 is 5.62. The van der Waals surface area contributed by atoms with Crippen LogP contribution in [0.2, 0.25) is 0 Å². The van der Waals surface area contributed by atoms with Crippen LogP contribution in [0.3, 0.4) is 0 Å². The van der Waals surface area contributed by atoms with Gasteiger partial charge in [0.05, 0.1) is 12.7 Å². The Morgan fingerprint density at radius 1 is 1.22 bits per heavy atom. The lowest BCUT2D eigenvalue weighted by molar-refractivity contribution is 0.0529. The fourth-order valence-electron chi connectivity index (χ4n) is 4.25. The van der Waals surface area contributed by atoms with Crippen LogP contribution in [0.15, 0.2) is 41.2 Å². The Labute approximate surface area is 160 Å². The summed E-state index contributed by atoms with van der Waals surface area (Å²) in [5, 5.41) is 0. The lowest BCUT2D eigenvalue weighted by Crippen LogP contribution is -2.42. The predicted octanol–water partition coefficient (Wildman–Crippen LogP) is 2.45. The van der Waals surface area contributed by atoms with Gasteiger partial charge in [-0.2, -0.15) is 4.98 Å². The summed E-state index contributed by atoms with van der Waals surface area (Å²) >= 11 is 0. The van der Waals surface area contributed by atoms with Crippen molar-refractivity contribution in [3.8, 4) is 0 Å². The largest absolute Gasteiger partial charge is 0.375 e. The van der Waals surface area contributed by atoms with E-state index in [0.717, 1.165) is 38.3 Å². The molecule has 0 saturated carbocycles.